The Hall–Kier alpha value is -1.59. The Morgan fingerprint density at radius 1 is 0.239 bits per heavy atom. The fourth-order valence-corrected chi connectivity index (χ4v) is 9.51. The van der Waals surface area contributed by atoms with Crippen LogP contribution in [-0.2, 0) is 28.6 Å². The third kappa shape index (κ3) is 55.2. The first-order chi connectivity index (χ1) is 33.0. The average molecular weight is 948 g/mol. The van der Waals surface area contributed by atoms with Gasteiger partial charge in [0.05, 0.1) is 0 Å². The molecule has 0 aromatic carbocycles. The first kappa shape index (κ1) is 65.4. The van der Waals surface area contributed by atoms with E-state index in [0.29, 0.717) is 19.3 Å². The normalized spacial score (nSPS) is 11.9. The molecule has 0 spiro atoms. The molecule has 0 saturated carbocycles. The number of hydrogen-bond donors (Lipinski definition) is 0. The second kappa shape index (κ2) is 57.0. The molecule has 0 saturated heterocycles. The molecule has 0 aliphatic rings. The van der Waals surface area contributed by atoms with Crippen molar-refractivity contribution in [3.63, 3.8) is 0 Å². The van der Waals surface area contributed by atoms with Gasteiger partial charge in [-0.15, -0.1) is 0 Å². The van der Waals surface area contributed by atoms with Crippen molar-refractivity contribution in [3.05, 3.63) is 0 Å². The van der Waals surface area contributed by atoms with Gasteiger partial charge in [0, 0.05) is 19.3 Å². The Labute approximate surface area is 418 Å². The standard InChI is InChI=1S/C61H118O6/c1-4-7-10-13-16-19-21-23-25-27-28-29-30-31-32-33-34-35-37-38-40-42-45-48-51-54-60(63)66-57-58(56-65-59(62)53-50-47-44-18-15-12-9-6-3)67-61(64)55-52-49-46-43-41-39-36-26-24-22-20-17-14-11-8-5-2/h58H,4-57H2,1-3H3. The van der Waals surface area contributed by atoms with Crippen LogP contribution in [-0.4, -0.2) is 37.2 Å². The summed E-state index contributed by atoms with van der Waals surface area (Å²) in [6.45, 7) is 6.68. The van der Waals surface area contributed by atoms with Crippen molar-refractivity contribution in [2.75, 3.05) is 13.2 Å². The second-order valence-electron chi connectivity index (χ2n) is 21.0. The molecule has 67 heavy (non-hydrogen) atoms. The Balaban J connectivity index is 4.07. The highest BCUT2D eigenvalue weighted by Gasteiger charge is 2.19. The molecule has 0 aliphatic heterocycles. The van der Waals surface area contributed by atoms with Gasteiger partial charge in [-0.3, -0.25) is 14.4 Å². The first-order valence-corrected chi connectivity index (χ1v) is 30.5. The van der Waals surface area contributed by atoms with Gasteiger partial charge in [0.1, 0.15) is 13.2 Å². The molecular weight excluding hydrogens is 829 g/mol. The van der Waals surface area contributed by atoms with Crippen LogP contribution in [0.3, 0.4) is 0 Å². The van der Waals surface area contributed by atoms with Crippen molar-refractivity contribution in [2.24, 2.45) is 0 Å². The van der Waals surface area contributed by atoms with Crippen molar-refractivity contribution in [2.45, 2.75) is 361 Å². The fourth-order valence-electron chi connectivity index (χ4n) is 9.51. The van der Waals surface area contributed by atoms with E-state index in [1.165, 1.54) is 257 Å². The van der Waals surface area contributed by atoms with Crippen molar-refractivity contribution < 1.29 is 28.6 Å². The molecule has 0 heterocycles. The molecule has 0 bridgehead atoms. The topological polar surface area (TPSA) is 78.9 Å². The summed E-state index contributed by atoms with van der Waals surface area (Å²) in [6, 6.07) is 0. The SMILES string of the molecule is CCCCCCCCCCCCCCCCCCCCCCCCCCCC(=O)OCC(COC(=O)CCCCCCCCCC)OC(=O)CCCCCCCCCCCCCCCCCC. The number of ether oxygens (including phenoxy) is 3. The molecule has 0 aromatic heterocycles. The van der Waals surface area contributed by atoms with Gasteiger partial charge in [-0.1, -0.05) is 316 Å². The number of carbonyl (C=O) groups excluding carboxylic acids is 3. The van der Waals surface area contributed by atoms with E-state index in [1.807, 2.05) is 0 Å². The van der Waals surface area contributed by atoms with Crippen molar-refractivity contribution in [1.82, 2.24) is 0 Å². The second-order valence-corrected chi connectivity index (χ2v) is 21.0. The van der Waals surface area contributed by atoms with E-state index < -0.39 is 6.10 Å². The predicted octanol–water partition coefficient (Wildman–Crippen LogP) is 20.3. The maximum Gasteiger partial charge on any atom is 0.306 e. The molecule has 6 nitrogen and oxygen atoms in total. The molecule has 0 rings (SSSR count). The van der Waals surface area contributed by atoms with E-state index in [-0.39, 0.29) is 31.1 Å². The number of unbranched alkanes of at least 4 members (excludes halogenated alkanes) is 46. The lowest BCUT2D eigenvalue weighted by Crippen LogP contribution is -2.30. The van der Waals surface area contributed by atoms with E-state index in [1.54, 1.807) is 0 Å². The van der Waals surface area contributed by atoms with Gasteiger partial charge in [-0.25, -0.2) is 0 Å². The largest absolute Gasteiger partial charge is 0.462 e. The van der Waals surface area contributed by atoms with E-state index in [4.69, 9.17) is 14.2 Å². The van der Waals surface area contributed by atoms with Crippen LogP contribution in [0.15, 0.2) is 0 Å². The maximum absolute atomic E-state index is 12.8. The summed E-state index contributed by atoms with van der Waals surface area (Å²) in [5.41, 5.74) is 0. The summed E-state index contributed by atoms with van der Waals surface area (Å²) >= 11 is 0. The Kier molecular flexibility index (Phi) is 55.6. The molecule has 0 amide bonds. The van der Waals surface area contributed by atoms with E-state index >= 15 is 0 Å². The third-order valence-electron chi connectivity index (χ3n) is 14.1. The summed E-state index contributed by atoms with van der Waals surface area (Å²) in [5.74, 6) is -0.837. The smallest absolute Gasteiger partial charge is 0.306 e. The molecule has 0 radical (unpaired) electrons. The van der Waals surface area contributed by atoms with Gasteiger partial charge in [-0.05, 0) is 19.3 Å². The first-order valence-electron chi connectivity index (χ1n) is 30.5. The molecular formula is C61H118O6. The van der Waals surface area contributed by atoms with Gasteiger partial charge >= 0.3 is 17.9 Å². The van der Waals surface area contributed by atoms with Gasteiger partial charge in [-0.2, -0.15) is 0 Å². The van der Waals surface area contributed by atoms with Crippen LogP contribution in [0.5, 0.6) is 0 Å². The zero-order valence-corrected chi connectivity index (χ0v) is 45.7. The average Bonchev–Trinajstić information content (AvgIpc) is 3.33. The van der Waals surface area contributed by atoms with Crippen LogP contribution in [0.4, 0.5) is 0 Å². The molecule has 0 aromatic rings. The fraction of sp³-hybridized carbons (Fsp3) is 0.951. The lowest BCUT2D eigenvalue weighted by molar-refractivity contribution is -0.167. The molecule has 0 N–H and O–H groups in total. The molecule has 0 fully saturated rings. The predicted molar refractivity (Wildman–Crippen MR) is 289 cm³/mol. The zero-order valence-electron chi connectivity index (χ0n) is 45.7. The summed E-state index contributed by atoms with van der Waals surface area (Å²) in [5, 5.41) is 0. The molecule has 398 valence electrons. The van der Waals surface area contributed by atoms with Gasteiger partial charge in [0.25, 0.3) is 0 Å². The molecule has 0 aliphatic carbocycles. The summed E-state index contributed by atoms with van der Waals surface area (Å²) < 4.78 is 16.8. The lowest BCUT2D eigenvalue weighted by Gasteiger charge is -2.18. The highest BCUT2D eigenvalue weighted by Crippen LogP contribution is 2.18. The summed E-state index contributed by atoms with van der Waals surface area (Å²) in [6.07, 6.45) is 64.1. The lowest BCUT2D eigenvalue weighted by atomic mass is 10.0. The Morgan fingerprint density at radius 3 is 0.597 bits per heavy atom. The van der Waals surface area contributed by atoms with E-state index in [0.717, 1.165) is 57.8 Å². The molecule has 6 heteroatoms. The Bertz CT molecular complexity index is 998. The van der Waals surface area contributed by atoms with Crippen molar-refractivity contribution in [1.29, 1.82) is 0 Å². The zero-order chi connectivity index (χ0) is 48.6. The monoisotopic (exact) mass is 947 g/mol. The molecule has 1 atom stereocenters. The number of carbonyl (C=O) groups is 3. The third-order valence-corrected chi connectivity index (χ3v) is 14.1. The summed E-state index contributed by atoms with van der Waals surface area (Å²) in [4.78, 5) is 38.0. The minimum absolute atomic E-state index is 0.0615. The van der Waals surface area contributed by atoms with Crippen molar-refractivity contribution >= 4 is 17.9 Å². The van der Waals surface area contributed by atoms with Gasteiger partial charge in [0.2, 0.25) is 0 Å². The van der Waals surface area contributed by atoms with Crippen LogP contribution in [0.2, 0.25) is 0 Å². The Morgan fingerprint density at radius 2 is 0.403 bits per heavy atom. The van der Waals surface area contributed by atoms with Crippen LogP contribution < -0.4 is 0 Å². The van der Waals surface area contributed by atoms with Crippen molar-refractivity contribution in [3.8, 4) is 0 Å². The number of hydrogen-bond acceptors (Lipinski definition) is 6. The highest BCUT2D eigenvalue weighted by molar-refractivity contribution is 5.71. The quantitative estimate of drug-likeness (QED) is 0.0343. The van der Waals surface area contributed by atoms with E-state index in [2.05, 4.69) is 20.8 Å². The highest BCUT2D eigenvalue weighted by atomic mass is 16.6. The number of esters is 3. The van der Waals surface area contributed by atoms with Crippen LogP contribution in [0.25, 0.3) is 0 Å². The van der Waals surface area contributed by atoms with Gasteiger partial charge < -0.3 is 14.2 Å². The van der Waals surface area contributed by atoms with Crippen LogP contribution >= 0.6 is 0 Å². The maximum atomic E-state index is 12.8. The molecule has 1 unspecified atom stereocenters. The minimum Gasteiger partial charge on any atom is -0.462 e. The van der Waals surface area contributed by atoms with Gasteiger partial charge in [0.15, 0.2) is 6.10 Å². The van der Waals surface area contributed by atoms with Crippen LogP contribution in [0, 0.1) is 0 Å². The van der Waals surface area contributed by atoms with E-state index in [9.17, 15) is 14.4 Å². The number of rotatable bonds is 57. The minimum atomic E-state index is -0.760. The summed E-state index contributed by atoms with van der Waals surface area (Å²) in [7, 11) is 0. The van der Waals surface area contributed by atoms with Crippen LogP contribution in [0.1, 0.15) is 355 Å².